The van der Waals surface area contributed by atoms with E-state index in [1.165, 1.54) is 18.5 Å². The molecule has 0 unspecified atom stereocenters. The van der Waals surface area contributed by atoms with Crippen LogP contribution in [0, 0.1) is 0 Å². The fraction of sp³-hybridized carbons (Fsp3) is 0.308. The van der Waals surface area contributed by atoms with E-state index in [-0.39, 0.29) is 5.78 Å². The standard InChI is InChI=1S/C26H28N2O2/c29-24(14-13-22-6-5-15-27-19-22)18-21-9-11-23(12-10-21)20-30-26-8-2-1-7-25(26)28-16-3-4-17-28/h1-2,5-12,15,19H,3-4,13-14,16-18,20H2. The summed E-state index contributed by atoms with van der Waals surface area (Å²) < 4.78 is 6.13. The van der Waals surface area contributed by atoms with Crippen molar-refractivity contribution in [3.8, 4) is 5.75 Å². The van der Waals surface area contributed by atoms with Crippen LogP contribution in [0.15, 0.2) is 73.1 Å². The van der Waals surface area contributed by atoms with Crippen molar-refractivity contribution in [1.29, 1.82) is 0 Å². The Morgan fingerprint density at radius 1 is 0.900 bits per heavy atom. The van der Waals surface area contributed by atoms with Gasteiger partial charge in [0, 0.05) is 38.3 Å². The molecule has 1 aliphatic rings. The SMILES string of the molecule is O=C(CCc1cccnc1)Cc1ccc(COc2ccccc2N2CCCC2)cc1. The summed E-state index contributed by atoms with van der Waals surface area (Å²) in [5, 5.41) is 0. The molecule has 0 amide bonds. The van der Waals surface area contributed by atoms with Crippen molar-refractivity contribution in [2.75, 3.05) is 18.0 Å². The number of pyridine rings is 1. The van der Waals surface area contributed by atoms with Gasteiger partial charge < -0.3 is 9.64 Å². The number of ketones is 1. The molecule has 0 bridgehead atoms. The summed E-state index contributed by atoms with van der Waals surface area (Å²) in [7, 11) is 0. The lowest BCUT2D eigenvalue weighted by atomic mass is 10.0. The summed E-state index contributed by atoms with van der Waals surface area (Å²) >= 11 is 0. The molecule has 2 aromatic carbocycles. The number of aryl methyl sites for hydroxylation is 1. The predicted molar refractivity (Wildman–Crippen MR) is 120 cm³/mol. The van der Waals surface area contributed by atoms with E-state index in [4.69, 9.17) is 4.74 Å². The molecule has 1 aromatic heterocycles. The summed E-state index contributed by atoms with van der Waals surface area (Å²) in [6.45, 7) is 2.73. The van der Waals surface area contributed by atoms with Gasteiger partial charge >= 0.3 is 0 Å². The minimum Gasteiger partial charge on any atom is -0.487 e. The molecule has 0 saturated carbocycles. The number of carbonyl (C=O) groups excluding carboxylic acids is 1. The Hall–Kier alpha value is -3.14. The molecule has 0 radical (unpaired) electrons. The number of Topliss-reactive ketones (excluding diaryl/α,β-unsaturated/α-hetero) is 1. The molecular weight excluding hydrogens is 372 g/mol. The van der Waals surface area contributed by atoms with Gasteiger partial charge in [-0.2, -0.15) is 0 Å². The minimum absolute atomic E-state index is 0.252. The average molecular weight is 401 g/mol. The number of para-hydroxylation sites is 2. The van der Waals surface area contributed by atoms with Crippen molar-refractivity contribution in [3.05, 3.63) is 89.7 Å². The molecule has 0 spiro atoms. The van der Waals surface area contributed by atoms with Crippen LogP contribution in [-0.2, 0) is 24.2 Å². The number of benzene rings is 2. The number of ether oxygens (including phenoxy) is 1. The molecule has 0 aliphatic carbocycles. The van der Waals surface area contributed by atoms with Crippen molar-refractivity contribution in [1.82, 2.24) is 4.98 Å². The summed E-state index contributed by atoms with van der Waals surface area (Å²) in [5.41, 5.74) is 4.45. The van der Waals surface area contributed by atoms with Gasteiger partial charge in [-0.25, -0.2) is 0 Å². The maximum Gasteiger partial charge on any atom is 0.143 e. The number of hydrogen-bond donors (Lipinski definition) is 0. The van der Waals surface area contributed by atoms with E-state index in [2.05, 4.69) is 34.1 Å². The van der Waals surface area contributed by atoms with E-state index in [9.17, 15) is 4.79 Å². The zero-order valence-corrected chi connectivity index (χ0v) is 17.3. The Labute approximate surface area is 178 Å². The van der Waals surface area contributed by atoms with Gasteiger partial charge in [0.05, 0.1) is 5.69 Å². The summed E-state index contributed by atoms with van der Waals surface area (Å²) in [6.07, 6.45) is 7.83. The van der Waals surface area contributed by atoms with Crippen molar-refractivity contribution in [3.63, 3.8) is 0 Å². The van der Waals surface area contributed by atoms with Crippen LogP contribution in [0.2, 0.25) is 0 Å². The Morgan fingerprint density at radius 3 is 2.43 bits per heavy atom. The van der Waals surface area contributed by atoms with Crippen LogP contribution < -0.4 is 9.64 Å². The van der Waals surface area contributed by atoms with Crippen LogP contribution in [0.3, 0.4) is 0 Å². The average Bonchev–Trinajstić information content (AvgIpc) is 3.33. The molecule has 3 aromatic rings. The molecule has 1 saturated heterocycles. The Bertz CT molecular complexity index is 948. The van der Waals surface area contributed by atoms with Crippen molar-refractivity contribution in [2.24, 2.45) is 0 Å². The molecule has 0 N–H and O–H groups in total. The van der Waals surface area contributed by atoms with Gasteiger partial charge in [0.2, 0.25) is 0 Å². The lowest BCUT2D eigenvalue weighted by Gasteiger charge is -2.21. The van der Waals surface area contributed by atoms with E-state index in [1.54, 1.807) is 6.20 Å². The maximum absolute atomic E-state index is 12.3. The number of aromatic nitrogens is 1. The molecule has 30 heavy (non-hydrogen) atoms. The zero-order chi connectivity index (χ0) is 20.6. The highest BCUT2D eigenvalue weighted by Crippen LogP contribution is 2.31. The fourth-order valence-electron chi connectivity index (χ4n) is 3.86. The highest BCUT2D eigenvalue weighted by atomic mass is 16.5. The van der Waals surface area contributed by atoms with Crippen LogP contribution in [0.4, 0.5) is 5.69 Å². The van der Waals surface area contributed by atoms with Gasteiger partial charge in [-0.15, -0.1) is 0 Å². The van der Waals surface area contributed by atoms with Gasteiger partial charge in [-0.1, -0.05) is 42.5 Å². The van der Waals surface area contributed by atoms with Crippen LogP contribution >= 0.6 is 0 Å². The van der Waals surface area contributed by atoms with Gasteiger partial charge in [0.25, 0.3) is 0 Å². The third-order valence-electron chi connectivity index (χ3n) is 5.55. The minimum atomic E-state index is 0.252. The van der Waals surface area contributed by atoms with Gasteiger partial charge in [0.15, 0.2) is 0 Å². The molecule has 4 rings (SSSR count). The smallest absolute Gasteiger partial charge is 0.143 e. The van der Waals surface area contributed by atoms with Crippen LogP contribution in [0.25, 0.3) is 0 Å². The first-order valence-corrected chi connectivity index (χ1v) is 10.7. The first kappa shape index (κ1) is 20.1. The highest BCUT2D eigenvalue weighted by molar-refractivity contribution is 5.81. The molecule has 1 aliphatic heterocycles. The second-order valence-electron chi connectivity index (χ2n) is 7.84. The first-order chi connectivity index (χ1) is 14.8. The van der Waals surface area contributed by atoms with E-state index in [0.29, 0.717) is 19.4 Å². The second-order valence-corrected chi connectivity index (χ2v) is 7.84. The third-order valence-corrected chi connectivity index (χ3v) is 5.55. The molecular formula is C26H28N2O2. The normalized spacial score (nSPS) is 13.4. The second kappa shape index (κ2) is 10.1. The van der Waals surface area contributed by atoms with E-state index in [1.807, 2.05) is 42.6 Å². The highest BCUT2D eigenvalue weighted by Gasteiger charge is 2.16. The lowest BCUT2D eigenvalue weighted by molar-refractivity contribution is -0.118. The Morgan fingerprint density at radius 2 is 1.67 bits per heavy atom. The molecule has 1 fully saturated rings. The largest absolute Gasteiger partial charge is 0.487 e. The third kappa shape index (κ3) is 5.47. The topological polar surface area (TPSA) is 42.4 Å². The van der Waals surface area contributed by atoms with Crippen LogP contribution in [0.1, 0.15) is 36.0 Å². The quantitative estimate of drug-likeness (QED) is 0.507. The predicted octanol–water partition coefficient (Wildman–Crippen LogP) is 5.01. The van der Waals surface area contributed by atoms with Gasteiger partial charge in [0.1, 0.15) is 18.1 Å². The van der Waals surface area contributed by atoms with Crippen LogP contribution in [0.5, 0.6) is 5.75 Å². The first-order valence-electron chi connectivity index (χ1n) is 10.7. The van der Waals surface area contributed by atoms with Crippen molar-refractivity contribution in [2.45, 2.75) is 38.7 Å². The summed E-state index contributed by atoms with van der Waals surface area (Å²) in [5.74, 6) is 1.19. The van der Waals surface area contributed by atoms with E-state index in [0.717, 1.165) is 42.0 Å². The van der Waals surface area contributed by atoms with E-state index < -0.39 is 0 Å². The molecule has 4 nitrogen and oxygen atoms in total. The molecule has 154 valence electrons. The molecule has 4 heteroatoms. The molecule has 2 heterocycles. The Kier molecular flexibility index (Phi) is 6.75. The summed E-state index contributed by atoms with van der Waals surface area (Å²) in [6, 6.07) is 20.4. The fourth-order valence-corrected chi connectivity index (χ4v) is 3.86. The zero-order valence-electron chi connectivity index (χ0n) is 17.3. The maximum atomic E-state index is 12.3. The Balaban J connectivity index is 1.28. The number of hydrogen-bond acceptors (Lipinski definition) is 4. The molecule has 0 atom stereocenters. The lowest BCUT2D eigenvalue weighted by Crippen LogP contribution is -2.18. The van der Waals surface area contributed by atoms with Gasteiger partial charge in [-0.05, 0) is 54.2 Å². The summed E-state index contributed by atoms with van der Waals surface area (Å²) in [4.78, 5) is 18.8. The number of rotatable bonds is 9. The number of carbonyl (C=O) groups is 1. The van der Waals surface area contributed by atoms with E-state index >= 15 is 0 Å². The van der Waals surface area contributed by atoms with Crippen molar-refractivity contribution >= 4 is 11.5 Å². The number of nitrogens with zero attached hydrogens (tertiary/aromatic N) is 2. The monoisotopic (exact) mass is 400 g/mol. The van der Waals surface area contributed by atoms with Gasteiger partial charge in [-0.3, -0.25) is 9.78 Å². The van der Waals surface area contributed by atoms with Crippen molar-refractivity contribution < 1.29 is 9.53 Å². The number of anilines is 1. The van der Waals surface area contributed by atoms with Crippen LogP contribution in [-0.4, -0.2) is 23.9 Å².